The first kappa shape index (κ1) is 14.8. The zero-order chi connectivity index (χ0) is 16.1. The lowest BCUT2D eigenvalue weighted by molar-refractivity contribution is 0.329. The van der Waals surface area contributed by atoms with Crippen LogP contribution in [0.3, 0.4) is 0 Å². The van der Waals surface area contributed by atoms with Crippen molar-refractivity contribution in [1.29, 1.82) is 0 Å². The Hall–Kier alpha value is -2.08. The molecular weight excluding hydrogens is 296 g/mol. The van der Waals surface area contributed by atoms with Crippen LogP contribution in [0.5, 0.6) is 0 Å². The summed E-state index contributed by atoms with van der Waals surface area (Å²) in [5.41, 5.74) is 1.83. The first-order valence-electron chi connectivity index (χ1n) is 7.19. The van der Waals surface area contributed by atoms with E-state index in [1.165, 1.54) is 16.9 Å². The summed E-state index contributed by atoms with van der Waals surface area (Å²) < 4.78 is 3.54. The third-order valence-electron chi connectivity index (χ3n) is 3.60. The van der Waals surface area contributed by atoms with E-state index in [1.807, 2.05) is 38.5 Å². The van der Waals surface area contributed by atoms with Crippen LogP contribution in [0, 0.1) is 6.92 Å². The van der Waals surface area contributed by atoms with E-state index in [-0.39, 0.29) is 11.2 Å². The van der Waals surface area contributed by atoms with E-state index in [0.29, 0.717) is 4.96 Å². The molecule has 0 saturated heterocycles. The van der Waals surface area contributed by atoms with Crippen LogP contribution < -0.4 is 10.6 Å². The fourth-order valence-electron chi connectivity index (χ4n) is 2.43. The Bertz CT molecular complexity index is 864. The van der Waals surface area contributed by atoms with Crippen LogP contribution >= 0.6 is 11.3 Å². The van der Waals surface area contributed by atoms with Crippen molar-refractivity contribution in [3.63, 3.8) is 0 Å². The number of hydrogen-bond acceptors (Lipinski definition) is 4. The number of benzene rings is 1. The van der Waals surface area contributed by atoms with Crippen LogP contribution in [0.25, 0.3) is 4.96 Å². The smallest absolute Gasteiger partial charge is 0.335 e. The summed E-state index contributed by atoms with van der Waals surface area (Å²) in [4.78, 5) is 19.0. The maximum absolute atomic E-state index is 12.1. The third-order valence-corrected chi connectivity index (χ3v) is 4.65. The highest BCUT2D eigenvalue weighted by Gasteiger charge is 2.22. The molecule has 0 atom stereocenters. The summed E-state index contributed by atoms with van der Waals surface area (Å²) in [6, 6.07) is 8.37. The average molecular weight is 316 g/mol. The van der Waals surface area contributed by atoms with Crippen LogP contribution in [-0.4, -0.2) is 21.2 Å². The molecule has 0 aliphatic carbocycles. The molecule has 0 unspecified atom stereocenters. The van der Waals surface area contributed by atoms with Crippen LogP contribution in [0.4, 0.5) is 10.7 Å². The lowest BCUT2D eigenvalue weighted by Crippen LogP contribution is -2.34. The van der Waals surface area contributed by atoms with Gasteiger partial charge in [0.25, 0.3) is 0 Å². The van der Waals surface area contributed by atoms with Gasteiger partial charge < -0.3 is 4.90 Å². The summed E-state index contributed by atoms with van der Waals surface area (Å²) in [6.45, 7) is 8.08. The molecule has 2 aromatic heterocycles. The number of rotatable bonds is 2. The molecule has 0 fully saturated rings. The van der Waals surface area contributed by atoms with Crippen LogP contribution in [0.2, 0.25) is 0 Å². The lowest BCUT2D eigenvalue weighted by Gasteiger charge is -2.20. The van der Waals surface area contributed by atoms with Crippen molar-refractivity contribution in [3.8, 4) is 0 Å². The zero-order valence-corrected chi connectivity index (χ0v) is 14.3. The molecule has 0 aliphatic heterocycles. The fourth-order valence-corrected chi connectivity index (χ4v) is 3.36. The van der Waals surface area contributed by atoms with Gasteiger partial charge in [0.15, 0.2) is 0 Å². The molecule has 6 heteroatoms. The van der Waals surface area contributed by atoms with Gasteiger partial charge >= 0.3 is 5.69 Å². The van der Waals surface area contributed by atoms with Crippen molar-refractivity contribution in [2.45, 2.75) is 33.2 Å². The SMILES string of the molecule is Cc1ccc(N(C)c2cn3c(nc(=O)n3C(C)(C)C)s2)cc1. The maximum Gasteiger partial charge on any atom is 0.365 e. The number of fused-ring (bicyclic) bond motifs is 1. The maximum atomic E-state index is 12.1. The highest BCUT2D eigenvalue weighted by Crippen LogP contribution is 2.31. The molecule has 0 radical (unpaired) electrons. The Morgan fingerprint density at radius 1 is 1.18 bits per heavy atom. The number of thiazole rings is 1. The summed E-state index contributed by atoms with van der Waals surface area (Å²) in [6.07, 6.45) is 1.97. The van der Waals surface area contributed by atoms with E-state index >= 15 is 0 Å². The van der Waals surface area contributed by atoms with Crippen LogP contribution in [0.15, 0.2) is 35.3 Å². The molecule has 3 aromatic rings. The lowest BCUT2D eigenvalue weighted by atomic mass is 10.1. The van der Waals surface area contributed by atoms with E-state index in [1.54, 1.807) is 4.68 Å². The topological polar surface area (TPSA) is 42.5 Å². The van der Waals surface area contributed by atoms with Gasteiger partial charge in [-0.1, -0.05) is 29.0 Å². The summed E-state index contributed by atoms with van der Waals surface area (Å²) in [5.74, 6) is 0. The van der Waals surface area contributed by atoms with Gasteiger partial charge in [0, 0.05) is 12.7 Å². The molecule has 0 aliphatic rings. The minimum atomic E-state index is -0.308. The Morgan fingerprint density at radius 2 is 1.82 bits per heavy atom. The van der Waals surface area contributed by atoms with Gasteiger partial charge in [0.1, 0.15) is 5.00 Å². The molecule has 0 N–H and O–H groups in total. The summed E-state index contributed by atoms with van der Waals surface area (Å²) in [5, 5.41) is 1.05. The molecule has 22 heavy (non-hydrogen) atoms. The van der Waals surface area contributed by atoms with E-state index in [0.717, 1.165) is 10.7 Å². The molecule has 0 saturated carbocycles. The normalized spacial score (nSPS) is 12.0. The number of anilines is 2. The highest BCUT2D eigenvalue weighted by atomic mass is 32.1. The Labute approximate surface area is 133 Å². The van der Waals surface area contributed by atoms with Crippen LogP contribution in [0.1, 0.15) is 26.3 Å². The number of aryl methyl sites for hydroxylation is 1. The second-order valence-electron chi connectivity index (χ2n) is 6.47. The second-order valence-corrected chi connectivity index (χ2v) is 7.46. The number of nitrogens with zero attached hydrogens (tertiary/aromatic N) is 4. The zero-order valence-electron chi connectivity index (χ0n) is 13.5. The molecule has 5 nitrogen and oxygen atoms in total. The van der Waals surface area contributed by atoms with Crippen LogP contribution in [-0.2, 0) is 5.54 Å². The number of hydrogen-bond donors (Lipinski definition) is 0. The fraction of sp³-hybridized carbons (Fsp3) is 0.375. The molecule has 0 bridgehead atoms. The minimum Gasteiger partial charge on any atom is -0.335 e. The van der Waals surface area contributed by atoms with Gasteiger partial charge in [-0.2, -0.15) is 4.98 Å². The molecule has 0 amide bonds. The molecule has 1 aromatic carbocycles. The minimum absolute atomic E-state index is 0.205. The van der Waals surface area contributed by atoms with Gasteiger partial charge in [0.05, 0.1) is 11.7 Å². The van der Waals surface area contributed by atoms with E-state index in [4.69, 9.17) is 0 Å². The molecule has 116 valence electrons. The van der Waals surface area contributed by atoms with Gasteiger partial charge in [-0.05, 0) is 39.8 Å². The summed E-state index contributed by atoms with van der Waals surface area (Å²) in [7, 11) is 2.02. The quantitative estimate of drug-likeness (QED) is 0.728. The predicted octanol–water partition coefficient (Wildman–Crippen LogP) is 3.39. The second kappa shape index (κ2) is 4.98. The molecule has 3 rings (SSSR count). The number of aromatic nitrogens is 3. The Balaban J connectivity index is 2.08. The largest absolute Gasteiger partial charge is 0.365 e. The molecule has 0 spiro atoms. The predicted molar refractivity (Wildman–Crippen MR) is 91.6 cm³/mol. The molecular formula is C16H20N4OS. The monoisotopic (exact) mass is 316 g/mol. The third kappa shape index (κ3) is 2.43. The summed E-state index contributed by atoms with van der Waals surface area (Å²) >= 11 is 1.51. The van der Waals surface area contributed by atoms with Gasteiger partial charge in [-0.3, -0.25) is 0 Å². The van der Waals surface area contributed by atoms with Crippen molar-refractivity contribution in [2.75, 3.05) is 11.9 Å². The first-order chi connectivity index (χ1) is 10.3. The van der Waals surface area contributed by atoms with Crippen molar-refractivity contribution in [1.82, 2.24) is 14.2 Å². The van der Waals surface area contributed by atoms with E-state index < -0.39 is 0 Å². The Kier molecular flexibility index (Phi) is 3.36. The van der Waals surface area contributed by atoms with Gasteiger partial charge in [0.2, 0.25) is 4.96 Å². The van der Waals surface area contributed by atoms with Crippen molar-refractivity contribution in [2.24, 2.45) is 0 Å². The average Bonchev–Trinajstić information content (AvgIpc) is 2.93. The Morgan fingerprint density at radius 3 is 2.41 bits per heavy atom. The van der Waals surface area contributed by atoms with Crippen molar-refractivity contribution >= 4 is 27.0 Å². The van der Waals surface area contributed by atoms with Gasteiger partial charge in [-0.15, -0.1) is 0 Å². The van der Waals surface area contributed by atoms with E-state index in [9.17, 15) is 4.79 Å². The molecule has 2 heterocycles. The van der Waals surface area contributed by atoms with E-state index in [2.05, 4.69) is 41.1 Å². The first-order valence-corrected chi connectivity index (χ1v) is 8.01. The highest BCUT2D eigenvalue weighted by molar-refractivity contribution is 7.20. The van der Waals surface area contributed by atoms with Crippen molar-refractivity contribution < 1.29 is 0 Å². The van der Waals surface area contributed by atoms with Crippen molar-refractivity contribution in [3.05, 3.63) is 46.5 Å². The standard InChI is InChI=1S/C16H20N4OS/c1-11-6-8-12(9-7-11)18(5)13-10-19-15(22-13)17-14(21)20(19)16(2,3)4/h6-10H,1-5H3. The van der Waals surface area contributed by atoms with Gasteiger partial charge in [-0.25, -0.2) is 14.0 Å².